The van der Waals surface area contributed by atoms with E-state index in [0.717, 1.165) is 0 Å². The van der Waals surface area contributed by atoms with Crippen molar-refractivity contribution < 1.29 is 18.3 Å². The fourth-order valence-electron chi connectivity index (χ4n) is 1.06. The van der Waals surface area contributed by atoms with Crippen molar-refractivity contribution >= 4 is 21.4 Å². The molecule has 0 aromatic carbocycles. The molecule has 0 fully saturated rings. The zero-order chi connectivity index (χ0) is 12.0. The van der Waals surface area contributed by atoms with Gasteiger partial charge >= 0.3 is 0 Å². The number of sulfonamides is 1. The highest BCUT2D eigenvalue weighted by Crippen LogP contribution is 2.18. The van der Waals surface area contributed by atoms with Crippen LogP contribution < -0.4 is 4.72 Å². The van der Waals surface area contributed by atoms with E-state index in [4.69, 9.17) is 9.84 Å². The molecule has 0 bridgehead atoms. The Morgan fingerprint density at radius 3 is 2.88 bits per heavy atom. The summed E-state index contributed by atoms with van der Waals surface area (Å²) in [7, 11) is -3.46. The Bertz CT molecular complexity index is 413. The van der Waals surface area contributed by atoms with Gasteiger partial charge in [0.05, 0.1) is 18.1 Å². The summed E-state index contributed by atoms with van der Waals surface area (Å²) in [5.41, 5.74) is 0. The van der Waals surface area contributed by atoms with Crippen LogP contribution in [0.4, 0.5) is 0 Å². The average Bonchev–Trinajstić information content (AvgIpc) is 2.73. The minimum Gasteiger partial charge on any atom is -0.391 e. The van der Waals surface area contributed by atoms with Gasteiger partial charge in [-0.05, 0) is 13.0 Å². The van der Waals surface area contributed by atoms with E-state index in [0.29, 0.717) is 18.1 Å². The molecule has 1 aromatic heterocycles. The van der Waals surface area contributed by atoms with Gasteiger partial charge in [0, 0.05) is 23.4 Å². The molecule has 0 atom stereocenters. The van der Waals surface area contributed by atoms with Crippen molar-refractivity contribution in [1.82, 2.24) is 4.72 Å². The van der Waals surface area contributed by atoms with Crippen molar-refractivity contribution in [2.24, 2.45) is 0 Å². The molecule has 1 rings (SSSR count). The third-order valence-electron chi connectivity index (χ3n) is 1.84. The minimum atomic E-state index is -3.46. The molecular formula is C9H15NO4S2. The predicted molar refractivity (Wildman–Crippen MR) is 61.9 cm³/mol. The number of hydrogen-bond donors (Lipinski definition) is 2. The largest absolute Gasteiger partial charge is 0.391 e. The third kappa shape index (κ3) is 3.84. The molecule has 0 radical (unpaired) electrons. The van der Waals surface area contributed by atoms with Crippen LogP contribution in [0.15, 0.2) is 16.3 Å². The van der Waals surface area contributed by atoms with Crippen LogP contribution in [0.25, 0.3) is 0 Å². The summed E-state index contributed by atoms with van der Waals surface area (Å²) in [5, 5.41) is 10.3. The van der Waals surface area contributed by atoms with Crippen molar-refractivity contribution in [2.75, 3.05) is 19.8 Å². The lowest BCUT2D eigenvalue weighted by atomic mass is 10.5. The molecule has 0 aliphatic rings. The van der Waals surface area contributed by atoms with E-state index in [-0.39, 0.29) is 18.0 Å². The standard InChI is InChI=1S/C9H15NO4S2/c1-2-14-4-3-10-16(12,13)9-5-8(6-11)15-7-9/h5,7,10-11H,2-4,6H2,1H3. The van der Waals surface area contributed by atoms with Gasteiger partial charge in [-0.25, -0.2) is 13.1 Å². The second-order valence-corrected chi connectivity index (χ2v) is 5.76. The summed E-state index contributed by atoms with van der Waals surface area (Å²) >= 11 is 1.22. The van der Waals surface area contributed by atoms with Gasteiger partial charge in [-0.2, -0.15) is 0 Å². The summed E-state index contributed by atoms with van der Waals surface area (Å²) in [6, 6.07) is 1.47. The molecule has 2 N–H and O–H groups in total. The monoisotopic (exact) mass is 265 g/mol. The molecule has 0 unspecified atom stereocenters. The van der Waals surface area contributed by atoms with E-state index in [1.54, 1.807) is 0 Å². The van der Waals surface area contributed by atoms with Gasteiger partial charge in [-0.15, -0.1) is 11.3 Å². The lowest BCUT2D eigenvalue weighted by Gasteiger charge is -2.04. The number of rotatable bonds is 7. The molecule has 5 nitrogen and oxygen atoms in total. The zero-order valence-corrected chi connectivity index (χ0v) is 10.6. The van der Waals surface area contributed by atoms with Gasteiger partial charge in [0.25, 0.3) is 0 Å². The van der Waals surface area contributed by atoms with Crippen molar-refractivity contribution in [3.8, 4) is 0 Å². The second kappa shape index (κ2) is 6.31. The first-order valence-corrected chi connectivity index (χ1v) is 7.22. The van der Waals surface area contributed by atoms with Gasteiger partial charge in [-0.3, -0.25) is 0 Å². The molecule has 0 saturated carbocycles. The third-order valence-corrected chi connectivity index (χ3v) is 4.35. The first-order valence-electron chi connectivity index (χ1n) is 4.86. The Morgan fingerprint density at radius 1 is 1.56 bits per heavy atom. The second-order valence-electron chi connectivity index (χ2n) is 3.00. The van der Waals surface area contributed by atoms with Crippen molar-refractivity contribution in [3.05, 3.63) is 16.3 Å². The van der Waals surface area contributed by atoms with E-state index in [1.165, 1.54) is 22.8 Å². The molecule has 0 amide bonds. The summed E-state index contributed by atoms with van der Waals surface area (Å²) in [6.45, 7) is 2.88. The highest BCUT2D eigenvalue weighted by molar-refractivity contribution is 7.89. The SMILES string of the molecule is CCOCCNS(=O)(=O)c1csc(CO)c1. The number of hydrogen-bond acceptors (Lipinski definition) is 5. The van der Waals surface area contributed by atoms with Gasteiger partial charge in [-0.1, -0.05) is 0 Å². The maximum atomic E-state index is 11.7. The zero-order valence-electron chi connectivity index (χ0n) is 8.97. The van der Waals surface area contributed by atoms with Crippen LogP contribution in [0, 0.1) is 0 Å². The minimum absolute atomic E-state index is 0.140. The van der Waals surface area contributed by atoms with Gasteiger partial charge in [0.2, 0.25) is 10.0 Å². The number of nitrogens with one attached hydrogen (secondary N) is 1. The van der Waals surface area contributed by atoms with Crippen molar-refractivity contribution in [3.63, 3.8) is 0 Å². The van der Waals surface area contributed by atoms with E-state index in [2.05, 4.69) is 4.72 Å². The molecule has 92 valence electrons. The Hall–Kier alpha value is -0.470. The van der Waals surface area contributed by atoms with Crippen LogP contribution in [0.2, 0.25) is 0 Å². The summed E-state index contributed by atoms with van der Waals surface area (Å²) in [4.78, 5) is 0.822. The Balaban J connectivity index is 2.56. The van der Waals surface area contributed by atoms with Crippen LogP contribution in [0.3, 0.4) is 0 Å². The highest BCUT2D eigenvalue weighted by atomic mass is 32.2. The average molecular weight is 265 g/mol. The van der Waals surface area contributed by atoms with Crippen LogP contribution >= 0.6 is 11.3 Å². The van der Waals surface area contributed by atoms with Crippen molar-refractivity contribution in [1.29, 1.82) is 0 Å². The fraction of sp³-hybridized carbons (Fsp3) is 0.556. The predicted octanol–water partition coefficient (Wildman–Crippen LogP) is 0.555. The molecule has 1 heterocycles. The molecule has 1 aromatic rings. The van der Waals surface area contributed by atoms with Crippen LogP contribution in [-0.4, -0.2) is 33.3 Å². The number of ether oxygens (including phenoxy) is 1. The molecule has 16 heavy (non-hydrogen) atoms. The number of aliphatic hydroxyl groups is 1. The molecule has 0 spiro atoms. The van der Waals surface area contributed by atoms with Gasteiger partial charge in [0.1, 0.15) is 0 Å². The van der Waals surface area contributed by atoms with Crippen LogP contribution in [0.1, 0.15) is 11.8 Å². The van der Waals surface area contributed by atoms with E-state index < -0.39 is 10.0 Å². The van der Waals surface area contributed by atoms with E-state index in [1.807, 2.05) is 6.92 Å². The first kappa shape index (κ1) is 13.6. The summed E-state index contributed by atoms with van der Waals surface area (Å²) < 4.78 is 30.8. The van der Waals surface area contributed by atoms with Gasteiger partial charge in [0.15, 0.2) is 0 Å². The Labute approximate surface area is 99.1 Å². The van der Waals surface area contributed by atoms with Gasteiger partial charge < -0.3 is 9.84 Å². The molecule has 0 aliphatic heterocycles. The number of thiophene rings is 1. The maximum Gasteiger partial charge on any atom is 0.241 e. The number of aliphatic hydroxyl groups excluding tert-OH is 1. The Kier molecular flexibility index (Phi) is 5.36. The molecular weight excluding hydrogens is 250 g/mol. The quantitative estimate of drug-likeness (QED) is 0.706. The first-order chi connectivity index (χ1) is 7.60. The van der Waals surface area contributed by atoms with Crippen molar-refractivity contribution in [2.45, 2.75) is 18.4 Å². The summed E-state index contributed by atoms with van der Waals surface area (Å²) in [6.07, 6.45) is 0. The maximum absolute atomic E-state index is 11.7. The summed E-state index contributed by atoms with van der Waals surface area (Å²) in [5.74, 6) is 0. The molecule has 0 saturated heterocycles. The lowest BCUT2D eigenvalue weighted by Crippen LogP contribution is -2.27. The topological polar surface area (TPSA) is 75.6 Å². The van der Waals surface area contributed by atoms with Crippen LogP contribution in [0.5, 0.6) is 0 Å². The molecule has 7 heteroatoms. The van der Waals surface area contributed by atoms with E-state index >= 15 is 0 Å². The van der Waals surface area contributed by atoms with E-state index in [9.17, 15) is 8.42 Å². The normalized spacial score (nSPS) is 11.9. The highest BCUT2D eigenvalue weighted by Gasteiger charge is 2.15. The fourth-order valence-corrected chi connectivity index (χ4v) is 3.21. The van der Waals surface area contributed by atoms with Crippen LogP contribution in [-0.2, 0) is 21.4 Å². The molecule has 0 aliphatic carbocycles. The Morgan fingerprint density at radius 2 is 2.31 bits per heavy atom. The lowest BCUT2D eigenvalue weighted by molar-refractivity contribution is 0.153. The smallest absolute Gasteiger partial charge is 0.241 e.